The first-order valence-corrected chi connectivity index (χ1v) is 15.8. The molecule has 2 aliphatic rings. The van der Waals surface area contributed by atoms with Crippen molar-refractivity contribution in [3.05, 3.63) is 154 Å². The standard InChI is InChI=1S/C36H34O2S/c37-39(38,25-27-17-21-33(22-18-27)35(31-13-7-14-31)29-9-3-1-4-10-29)26-28-19-23-34(24-20-28)36(32-15-8-16-32)30-11-5-2-6-12-30/h1-6,9-12,17-24H,7-8,13-16,25-26H2. The molecule has 0 heterocycles. The van der Waals surface area contributed by atoms with Crippen LogP contribution in [-0.4, -0.2) is 8.42 Å². The molecule has 0 N–H and O–H groups in total. The minimum atomic E-state index is -3.30. The Hall–Kier alpha value is -3.69. The maximum absolute atomic E-state index is 13.2. The summed E-state index contributed by atoms with van der Waals surface area (Å²) in [7, 11) is -3.30. The van der Waals surface area contributed by atoms with Gasteiger partial charge in [-0.25, -0.2) is 8.42 Å². The van der Waals surface area contributed by atoms with E-state index in [0.29, 0.717) is 0 Å². The Balaban J connectivity index is 1.17. The Labute approximate surface area is 232 Å². The van der Waals surface area contributed by atoms with Crippen LogP contribution in [0.2, 0.25) is 0 Å². The Morgan fingerprint density at radius 2 is 0.795 bits per heavy atom. The van der Waals surface area contributed by atoms with E-state index in [-0.39, 0.29) is 11.5 Å². The third-order valence-corrected chi connectivity index (χ3v) is 9.55. The van der Waals surface area contributed by atoms with E-state index >= 15 is 0 Å². The molecule has 0 aromatic heterocycles. The summed E-state index contributed by atoms with van der Waals surface area (Å²) in [6, 6.07) is 37.3. The Bertz CT molecular complexity index is 1480. The van der Waals surface area contributed by atoms with Crippen LogP contribution in [0.15, 0.2) is 120 Å². The summed E-state index contributed by atoms with van der Waals surface area (Å²) in [5, 5.41) is 0. The van der Waals surface area contributed by atoms with Gasteiger partial charge >= 0.3 is 0 Å². The molecule has 0 spiro atoms. The van der Waals surface area contributed by atoms with Crippen molar-refractivity contribution in [3.8, 4) is 0 Å². The summed E-state index contributed by atoms with van der Waals surface area (Å²) < 4.78 is 26.3. The molecule has 0 amide bonds. The van der Waals surface area contributed by atoms with E-state index in [4.69, 9.17) is 0 Å². The topological polar surface area (TPSA) is 34.1 Å². The van der Waals surface area contributed by atoms with E-state index in [2.05, 4.69) is 72.8 Å². The maximum atomic E-state index is 13.2. The highest BCUT2D eigenvalue weighted by Gasteiger charge is 2.20. The molecule has 2 aliphatic carbocycles. The fourth-order valence-corrected chi connectivity index (χ4v) is 7.16. The number of hydrogen-bond donors (Lipinski definition) is 0. The van der Waals surface area contributed by atoms with Crippen molar-refractivity contribution in [1.82, 2.24) is 0 Å². The lowest BCUT2D eigenvalue weighted by atomic mass is 9.82. The maximum Gasteiger partial charge on any atom is 0.158 e. The first kappa shape index (κ1) is 25.6. The number of allylic oxidation sites excluding steroid dienone is 2. The van der Waals surface area contributed by atoms with Gasteiger partial charge in [0, 0.05) is 0 Å². The highest BCUT2D eigenvalue weighted by atomic mass is 32.2. The predicted octanol–water partition coefficient (Wildman–Crippen LogP) is 8.77. The molecule has 0 bridgehead atoms. The molecule has 0 unspecified atom stereocenters. The summed E-state index contributed by atoms with van der Waals surface area (Å²) in [6.07, 6.45) is 7.06. The first-order valence-electron chi connectivity index (χ1n) is 14.0. The first-order chi connectivity index (χ1) is 19.1. The molecule has 4 aromatic carbocycles. The van der Waals surface area contributed by atoms with Gasteiger partial charge in [-0.1, -0.05) is 120 Å². The van der Waals surface area contributed by atoms with Crippen molar-refractivity contribution >= 4 is 21.0 Å². The minimum absolute atomic E-state index is 0.0472. The lowest BCUT2D eigenvalue weighted by Crippen LogP contribution is -2.08. The zero-order chi connectivity index (χ0) is 26.7. The quantitative estimate of drug-likeness (QED) is 0.228. The van der Waals surface area contributed by atoms with Gasteiger partial charge in [0.25, 0.3) is 0 Å². The molecule has 3 heteroatoms. The van der Waals surface area contributed by atoms with E-state index in [0.717, 1.165) is 36.8 Å². The van der Waals surface area contributed by atoms with Crippen molar-refractivity contribution in [2.45, 2.75) is 50.0 Å². The zero-order valence-electron chi connectivity index (χ0n) is 22.3. The lowest BCUT2D eigenvalue weighted by molar-refractivity contribution is 0.594. The van der Waals surface area contributed by atoms with Crippen molar-refractivity contribution < 1.29 is 8.42 Å². The fourth-order valence-electron chi connectivity index (χ4n) is 5.66. The number of sulfone groups is 1. The molecule has 2 nitrogen and oxygen atoms in total. The summed E-state index contributed by atoms with van der Waals surface area (Å²) in [4.78, 5) is 0. The molecule has 196 valence electrons. The molecule has 0 aliphatic heterocycles. The highest BCUT2D eigenvalue weighted by Crippen LogP contribution is 2.38. The van der Waals surface area contributed by atoms with E-state index in [1.807, 2.05) is 36.4 Å². The van der Waals surface area contributed by atoms with Crippen LogP contribution in [0.1, 0.15) is 71.9 Å². The Morgan fingerprint density at radius 1 is 0.462 bits per heavy atom. The molecule has 0 saturated heterocycles. The average Bonchev–Trinajstić information content (AvgIpc) is 2.90. The summed E-state index contributed by atoms with van der Waals surface area (Å²) >= 11 is 0. The van der Waals surface area contributed by atoms with Crippen molar-refractivity contribution in [1.29, 1.82) is 0 Å². The molecule has 0 radical (unpaired) electrons. The smallest absolute Gasteiger partial charge is 0.158 e. The summed E-state index contributed by atoms with van der Waals surface area (Å²) in [5.41, 5.74) is 12.1. The highest BCUT2D eigenvalue weighted by molar-refractivity contribution is 7.89. The number of hydrogen-bond acceptors (Lipinski definition) is 2. The second-order valence-electron chi connectivity index (χ2n) is 10.8. The van der Waals surface area contributed by atoms with E-state index < -0.39 is 9.84 Å². The monoisotopic (exact) mass is 530 g/mol. The van der Waals surface area contributed by atoms with Crippen molar-refractivity contribution in [2.24, 2.45) is 0 Å². The van der Waals surface area contributed by atoms with Crippen LogP contribution in [0.5, 0.6) is 0 Å². The molecule has 0 atom stereocenters. The van der Waals surface area contributed by atoms with Crippen LogP contribution in [0.25, 0.3) is 11.1 Å². The number of benzene rings is 4. The van der Waals surface area contributed by atoms with Crippen LogP contribution in [-0.2, 0) is 21.3 Å². The van der Waals surface area contributed by atoms with Gasteiger partial charge in [-0.05, 0) is 83.1 Å². The molecule has 4 aromatic rings. The normalized spacial score (nSPS) is 14.9. The van der Waals surface area contributed by atoms with Crippen LogP contribution < -0.4 is 0 Å². The summed E-state index contributed by atoms with van der Waals surface area (Å²) in [5.74, 6) is 0.0944. The molecular formula is C36H34O2S. The third-order valence-electron chi connectivity index (χ3n) is 8.00. The Kier molecular flexibility index (Phi) is 7.34. The van der Waals surface area contributed by atoms with Gasteiger partial charge in [0.2, 0.25) is 0 Å². The molecule has 2 saturated carbocycles. The Morgan fingerprint density at radius 3 is 1.10 bits per heavy atom. The molecular weight excluding hydrogens is 496 g/mol. The van der Waals surface area contributed by atoms with Crippen LogP contribution in [0.3, 0.4) is 0 Å². The van der Waals surface area contributed by atoms with Gasteiger partial charge in [0.05, 0.1) is 11.5 Å². The van der Waals surface area contributed by atoms with Crippen molar-refractivity contribution in [2.75, 3.05) is 0 Å². The zero-order valence-corrected chi connectivity index (χ0v) is 23.1. The SMILES string of the molecule is O=S(=O)(Cc1ccc(C(=C2CCC2)c2ccccc2)cc1)Cc1ccc(C(=C2CCC2)c2ccccc2)cc1. The van der Waals surface area contributed by atoms with Gasteiger partial charge in [-0.3, -0.25) is 0 Å². The largest absolute Gasteiger partial charge is 0.228 e. The number of rotatable bonds is 8. The average molecular weight is 531 g/mol. The summed E-state index contributed by atoms with van der Waals surface area (Å²) in [6.45, 7) is 0. The molecule has 2 fully saturated rings. The van der Waals surface area contributed by atoms with Crippen molar-refractivity contribution in [3.63, 3.8) is 0 Å². The lowest BCUT2D eigenvalue weighted by Gasteiger charge is -2.23. The van der Waals surface area contributed by atoms with E-state index in [9.17, 15) is 8.42 Å². The van der Waals surface area contributed by atoms with Crippen LogP contribution >= 0.6 is 0 Å². The third kappa shape index (κ3) is 5.84. The van der Waals surface area contributed by atoms with Gasteiger partial charge in [-0.2, -0.15) is 0 Å². The van der Waals surface area contributed by atoms with E-state index in [1.165, 1.54) is 57.4 Å². The minimum Gasteiger partial charge on any atom is -0.228 e. The second kappa shape index (κ2) is 11.2. The molecule has 39 heavy (non-hydrogen) atoms. The van der Waals surface area contributed by atoms with Crippen LogP contribution in [0, 0.1) is 0 Å². The molecule has 6 rings (SSSR count). The second-order valence-corrected chi connectivity index (χ2v) is 12.9. The predicted molar refractivity (Wildman–Crippen MR) is 162 cm³/mol. The fraction of sp³-hybridized carbons (Fsp3) is 0.222. The van der Waals surface area contributed by atoms with E-state index in [1.54, 1.807) is 0 Å². The van der Waals surface area contributed by atoms with Crippen LogP contribution in [0.4, 0.5) is 0 Å². The van der Waals surface area contributed by atoms with Gasteiger partial charge in [-0.15, -0.1) is 0 Å². The van der Waals surface area contributed by atoms with Gasteiger partial charge in [0.15, 0.2) is 9.84 Å². The van der Waals surface area contributed by atoms with Gasteiger partial charge in [0.1, 0.15) is 0 Å². The van der Waals surface area contributed by atoms with Gasteiger partial charge < -0.3 is 0 Å².